The minimum Gasteiger partial charge on any atom is -0.385 e. The van der Waals surface area contributed by atoms with E-state index in [0.717, 1.165) is 17.5 Å². The molecule has 0 saturated carbocycles. The van der Waals surface area contributed by atoms with Gasteiger partial charge in [-0.05, 0) is 19.4 Å². The van der Waals surface area contributed by atoms with Crippen LogP contribution in [0.5, 0.6) is 0 Å². The van der Waals surface area contributed by atoms with Crippen molar-refractivity contribution in [2.45, 2.75) is 26.0 Å². The average molecular weight is 345 g/mol. The predicted molar refractivity (Wildman–Crippen MR) is 93.6 cm³/mol. The quantitative estimate of drug-likeness (QED) is 0.807. The molecule has 0 N–H and O–H groups in total. The van der Waals surface area contributed by atoms with E-state index in [-0.39, 0.29) is 24.1 Å². The molecule has 1 fully saturated rings. The average Bonchev–Trinajstić information content (AvgIpc) is 2.64. The van der Waals surface area contributed by atoms with Gasteiger partial charge in [0.25, 0.3) is 5.56 Å². The second kappa shape index (κ2) is 7.76. The first-order valence-electron chi connectivity index (χ1n) is 8.45. The number of methoxy groups -OCH3 is 1. The van der Waals surface area contributed by atoms with E-state index < -0.39 is 0 Å². The lowest BCUT2D eigenvalue weighted by Crippen LogP contribution is -2.48. The lowest BCUT2D eigenvalue weighted by molar-refractivity contribution is -0.140. The largest absolute Gasteiger partial charge is 0.385 e. The molecule has 1 aliphatic heterocycles. The van der Waals surface area contributed by atoms with E-state index in [4.69, 9.17) is 9.47 Å². The molecule has 0 unspecified atom stereocenters. The van der Waals surface area contributed by atoms with Crippen molar-refractivity contribution >= 4 is 16.7 Å². The summed E-state index contributed by atoms with van der Waals surface area (Å²) >= 11 is 0. The van der Waals surface area contributed by atoms with Crippen LogP contribution in [-0.2, 0) is 20.8 Å². The molecule has 1 atom stereocenters. The van der Waals surface area contributed by atoms with Gasteiger partial charge in [-0.1, -0.05) is 18.2 Å². The molecule has 2 aromatic rings. The first-order chi connectivity index (χ1) is 12.1. The number of aryl methyl sites for hydroxylation is 1. The van der Waals surface area contributed by atoms with Crippen LogP contribution in [-0.4, -0.2) is 60.1 Å². The van der Waals surface area contributed by atoms with Crippen molar-refractivity contribution in [2.75, 3.05) is 33.4 Å². The van der Waals surface area contributed by atoms with Gasteiger partial charge in [0.05, 0.1) is 23.8 Å². The van der Waals surface area contributed by atoms with E-state index in [1.54, 1.807) is 18.1 Å². The summed E-state index contributed by atoms with van der Waals surface area (Å²) < 4.78 is 12.0. The molecule has 0 radical (unpaired) electrons. The van der Waals surface area contributed by atoms with Gasteiger partial charge < -0.3 is 14.4 Å². The minimum absolute atomic E-state index is 0.0272. The molecule has 0 aliphatic carbocycles. The van der Waals surface area contributed by atoms with E-state index in [1.165, 1.54) is 4.68 Å². The molecule has 7 heteroatoms. The summed E-state index contributed by atoms with van der Waals surface area (Å²) in [5, 5.41) is 5.72. The first kappa shape index (κ1) is 17.6. The van der Waals surface area contributed by atoms with E-state index in [0.29, 0.717) is 31.7 Å². The van der Waals surface area contributed by atoms with Gasteiger partial charge in [-0.2, -0.15) is 5.10 Å². The number of amides is 1. The molecule has 1 aromatic heterocycles. The van der Waals surface area contributed by atoms with Gasteiger partial charge in [0.1, 0.15) is 6.54 Å². The van der Waals surface area contributed by atoms with E-state index in [2.05, 4.69) is 5.10 Å². The summed E-state index contributed by atoms with van der Waals surface area (Å²) in [5.41, 5.74) is 0.502. The first-order valence-corrected chi connectivity index (χ1v) is 8.45. The highest BCUT2D eigenvalue weighted by Crippen LogP contribution is 2.13. The van der Waals surface area contributed by atoms with Crippen LogP contribution in [0.3, 0.4) is 0 Å². The second-order valence-corrected chi connectivity index (χ2v) is 6.21. The number of hydrogen-bond donors (Lipinski definition) is 0. The van der Waals surface area contributed by atoms with Gasteiger partial charge in [0, 0.05) is 32.2 Å². The third-order valence-electron chi connectivity index (χ3n) is 4.47. The monoisotopic (exact) mass is 345 g/mol. The maximum Gasteiger partial charge on any atom is 0.275 e. The van der Waals surface area contributed by atoms with Gasteiger partial charge in [0.15, 0.2) is 0 Å². The molecule has 0 bridgehead atoms. The van der Waals surface area contributed by atoms with Crippen molar-refractivity contribution in [2.24, 2.45) is 0 Å². The van der Waals surface area contributed by atoms with Gasteiger partial charge in [0.2, 0.25) is 5.91 Å². The van der Waals surface area contributed by atoms with Crippen LogP contribution < -0.4 is 5.56 Å². The van der Waals surface area contributed by atoms with Crippen LogP contribution in [0.25, 0.3) is 10.8 Å². The van der Waals surface area contributed by atoms with Crippen molar-refractivity contribution < 1.29 is 14.3 Å². The highest BCUT2D eigenvalue weighted by Gasteiger charge is 2.24. The lowest BCUT2D eigenvalue weighted by atomic mass is 10.1. The fourth-order valence-electron chi connectivity index (χ4n) is 3.11. The van der Waals surface area contributed by atoms with Crippen molar-refractivity contribution in [1.29, 1.82) is 0 Å². The fraction of sp³-hybridized carbons (Fsp3) is 0.500. The third kappa shape index (κ3) is 3.88. The maximum atomic E-state index is 12.6. The van der Waals surface area contributed by atoms with Crippen LogP contribution >= 0.6 is 0 Å². The topological polar surface area (TPSA) is 73.7 Å². The number of ether oxygens (including phenoxy) is 2. The number of morpholine rings is 1. The summed E-state index contributed by atoms with van der Waals surface area (Å²) in [6.45, 7) is 3.93. The highest BCUT2D eigenvalue weighted by molar-refractivity contribution is 5.83. The molecular formula is C18H23N3O4. The van der Waals surface area contributed by atoms with Crippen molar-refractivity contribution in [1.82, 2.24) is 14.7 Å². The summed E-state index contributed by atoms with van der Waals surface area (Å²) in [7, 11) is 1.64. The Labute approximate surface area is 146 Å². The van der Waals surface area contributed by atoms with E-state index >= 15 is 0 Å². The Morgan fingerprint density at radius 1 is 1.36 bits per heavy atom. The lowest BCUT2D eigenvalue weighted by Gasteiger charge is -2.33. The highest BCUT2D eigenvalue weighted by atomic mass is 16.5. The van der Waals surface area contributed by atoms with Gasteiger partial charge in [-0.25, -0.2) is 4.68 Å². The Balaban J connectivity index is 1.76. The molecule has 1 amide bonds. The van der Waals surface area contributed by atoms with Crippen LogP contribution in [0, 0.1) is 6.92 Å². The summed E-state index contributed by atoms with van der Waals surface area (Å²) in [5.74, 6) is -0.116. The summed E-state index contributed by atoms with van der Waals surface area (Å²) in [6, 6.07) is 7.33. The van der Waals surface area contributed by atoms with Crippen molar-refractivity contribution in [3.63, 3.8) is 0 Å². The Morgan fingerprint density at radius 2 is 2.12 bits per heavy atom. The molecule has 1 aliphatic rings. The second-order valence-electron chi connectivity index (χ2n) is 6.21. The number of rotatable bonds is 5. The van der Waals surface area contributed by atoms with E-state index in [9.17, 15) is 9.59 Å². The summed E-state index contributed by atoms with van der Waals surface area (Å²) in [4.78, 5) is 27.0. The van der Waals surface area contributed by atoms with E-state index in [1.807, 2.05) is 25.1 Å². The Hall–Kier alpha value is -2.25. The number of fused-ring (bicyclic) bond motifs is 1. The SMILES string of the molecule is COCC[C@@H]1CN(C(=O)Cn2nc(C)c3ccccc3c2=O)CCO1. The molecule has 0 spiro atoms. The van der Waals surface area contributed by atoms with Crippen LogP contribution in [0.1, 0.15) is 12.1 Å². The number of carbonyl (C=O) groups is 1. The van der Waals surface area contributed by atoms with Crippen LogP contribution in [0.4, 0.5) is 0 Å². The van der Waals surface area contributed by atoms with Gasteiger partial charge >= 0.3 is 0 Å². The number of benzene rings is 1. The smallest absolute Gasteiger partial charge is 0.275 e. The van der Waals surface area contributed by atoms with Crippen molar-refractivity contribution in [3.8, 4) is 0 Å². The molecule has 2 heterocycles. The number of carbonyl (C=O) groups excluding carboxylic acids is 1. The van der Waals surface area contributed by atoms with Gasteiger partial charge in [-0.3, -0.25) is 9.59 Å². The number of nitrogens with zero attached hydrogens (tertiary/aromatic N) is 3. The zero-order valence-corrected chi connectivity index (χ0v) is 14.6. The van der Waals surface area contributed by atoms with Crippen LogP contribution in [0.15, 0.2) is 29.1 Å². The number of aromatic nitrogens is 2. The standard InChI is InChI=1S/C18H23N3O4/c1-13-15-5-3-4-6-16(15)18(23)21(19-13)12-17(22)20-8-10-25-14(11-20)7-9-24-2/h3-6,14H,7-12H2,1-2H3/t14-/m1/s1. The van der Waals surface area contributed by atoms with Gasteiger partial charge in [-0.15, -0.1) is 0 Å². The molecule has 3 rings (SSSR count). The predicted octanol–water partition coefficient (Wildman–Crippen LogP) is 0.969. The summed E-state index contributed by atoms with van der Waals surface area (Å²) in [6.07, 6.45) is 0.716. The number of hydrogen-bond acceptors (Lipinski definition) is 5. The zero-order valence-electron chi connectivity index (χ0n) is 14.6. The van der Waals surface area contributed by atoms with Crippen molar-refractivity contribution in [3.05, 3.63) is 40.3 Å². The Bertz CT molecular complexity index is 818. The molecule has 1 saturated heterocycles. The normalized spacial score (nSPS) is 17.8. The minimum atomic E-state index is -0.237. The Kier molecular flexibility index (Phi) is 5.45. The zero-order chi connectivity index (χ0) is 17.8. The maximum absolute atomic E-state index is 12.6. The fourth-order valence-corrected chi connectivity index (χ4v) is 3.11. The molecule has 7 nitrogen and oxygen atoms in total. The molecule has 25 heavy (non-hydrogen) atoms. The third-order valence-corrected chi connectivity index (χ3v) is 4.47. The van der Waals surface area contributed by atoms with Crippen LogP contribution in [0.2, 0.25) is 0 Å². The molecule has 134 valence electrons. The Morgan fingerprint density at radius 3 is 2.88 bits per heavy atom. The molecule has 1 aromatic carbocycles. The molecular weight excluding hydrogens is 322 g/mol.